The van der Waals surface area contributed by atoms with Crippen LogP contribution in [0.4, 0.5) is 9.18 Å². The van der Waals surface area contributed by atoms with E-state index in [1.807, 2.05) is 32.9 Å². The third-order valence-corrected chi connectivity index (χ3v) is 6.99. The molecule has 2 aromatic rings. The van der Waals surface area contributed by atoms with Crippen molar-refractivity contribution in [3.63, 3.8) is 0 Å². The smallest absolute Gasteiger partial charge is 0.410 e. The first-order valence-corrected chi connectivity index (χ1v) is 12.6. The van der Waals surface area contributed by atoms with E-state index >= 15 is 0 Å². The molecule has 2 aliphatic rings. The van der Waals surface area contributed by atoms with Gasteiger partial charge in [-0.1, -0.05) is 36.4 Å². The third kappa shape index (κ3) is 6.11. The van der Waals surface area contributed by atoms with Gasteiger partial charge < -0.3 is 25.0 Å². The summed E-state index contributed by atoms with van der Waals surface area (Å²) in [6.07, 6.45) is 0.571. The molecule has 0 spiro atoms. The number of nitrogens with zero attached hydrogens (tertiary/aromatic N) is 2. The average molecular weight is 500 g/mol. The topological polar surface area (TPSA) is 65.0 Å². The van der Waals surface area contributed by atoms with E-state index in [1.165, 1.54) is 17.7 Å². The highest BCUT2D eigenvalue weighted by atomic mass is 32.1. The second-order valence-corrected chi connectivity index (χ2v) is 10.7. The van der Waals surface area contributed by atoms with Crippen LogP contribution in [0.5, 0.6) is 0 Å². The summed E-state index contributed by atoms with van der Waals surface area (Å²) in [5.41, 5.74) is 2.83. The van der Waals surface area contributed by atoms with Crippen molar-refractivity contribution in [2.24, 2.45) is 5.92 Å². The van der Waals surface area contributed by atoms with Gasteiger partial charge in [0, 0.05) is 32.1 Å². The minimum atomic E-state index is -0.651. The van der Waals surface area contributed by atoms with E-state index in [1.54, 1.807) is 17.0 Å². The highest BCUT2D eigenvalue weighted by Crippen LogP contribution is 2.35. The number of benzene rings is 2. The third-order valence-electron chi connectivity index (χ3n) is 6.61. The second-order valence-electron chi connectivity index (χ2n) is 10.3. The number of hydrogen-bond donors (Lipinski definition) is 2. The molecule has 2 aliphatic heterocycles. The molecule has 4 rings (SSSR count). The fourth-order valence-corrected chi connectivity index (χ4v) is 5.12. The molecule has 0 saturated carbocycles. The highest BCUT2D eigenvalue weighted by molar-refractivity contribution is 7.80. The molecule has 0 aliphatic carbocycles. The maximum atomic E-state index is 13.6. The van der Waals surface area contributed by atoms with E-state index in [0.29, 0.717) is 31.2 Å². The molecule has 1 saturated heterocycles. The maximum absolute atomic E-state index is 13.6. The molecule has 0 radical (unpaired) electrons. The van der Waals surface area contributed by atoms with E-state index in [9.17, 15) is 14.3 Å². The van der Waals surface area contributed by atoms with Crippen molar-refractivity contribution in [2.45, 2.75) is 51.4 Å². The Kier molecular flexibility index (Phi) is 7.62. The van der Waals surface area contributed by atoms with Gasteiger partial charge in [0.2, 0.25) is 0 Å². The summed E-state index contributed by atoms with van der Waals surface area (Å²) in [6.45, 7) is 7.57. The Balaban J connectivity index is 1.40. The number of amides is 1. The van der Waals surface area contributed by atoms with E-state index in [-0.39, 0.29) is 23.9 Å². The van der Waals surface area contributed by atoms with Crippen LogP contribution in [0.25, 0.3) is 0 Å². The predicted molar refractivity (Wildman–Crippen MR) is 138 cm³/mol. The molecule has 3 atom stereocenters. The van der Waals surface area contributed by atoms with E-state index in [0.717, 1.165) is 24.1 Å². The summed E-state index contributed by atoms with van der Waals surface area (Å²) < 4.78 is 19.1. The number of carbonyl (C=O) groups is 1. The molecule has 2 unspecified atom stereocenters. The van der Waals surface area contributed by atoms with Crippen LogP contribution >= 0.6 is 12.2 Å². The summed E-state index contributed by atoms with van der Waals surface area (Å²) in [6, 6.07) is 14.7. The van der Waals surface area contributed by atoms with Gasteiger partial charge in [0.1, 0.15) is 11.4 Å². The lowest BCUT2D eigenvalue weighted by Crippen LogP contribution is -2.48. The number of hydrogen-bond acceptors (Lipinski definition) is 4. The summed E-state index contributed by atoms with van der Waals surface area (Å²) in [4.78, 5) is 16.1. The molecule has 8 heteroatoms. The SMILES string of the molecule is CC(C)(C)OC(=O)N1CCC(C(O)CNC(=S)N2CCc3ccccc3[C@@H]2c2ccc(F)cc2)C1. The predicted octanol–water partition coefficient (Wildman–Crippen LogP) is 4.27. The van der Waals surface area contributed by atoms with Crippen LogP contribution in [0.1, 0.15) is 49.9 Å². The van der Waals surface area contributed by atoms with Crippen molar-refractivity contribution in [3.05, 3.63) is 71.0 Å². The zero-order valence-corrected chi connectivity index (χ0v) is 21.4. The molecule has 0 aromatic heterocycles. The molecule has 35 heavy (non-hydrogen) atoms. The van der Waals surface area contributed by atoms with Crippen molar-refractivity contribution in [2.75, 3.05) is 26.2 Å². The number of nitrogens with one attached hydrogen (secondary N) is 1. The highest BCUT2D eigenvalue weighted by Gasteiger charge is 2.34. The number of aliphatic hydroxyl groups excluding tert-OH is 1. The Morgan fingerprint density at radius 2 is 1.91 bits per heavy atom. The van der Waals surface area contributed by atoms with E-state index in [2.05, 4.69) is 22.3 Å². The van der Waals surface area contributed by atoms with E-state index < -0.39 is 11.7 Å². The van der Waals surface area contributed by atoms with Gasteiger partial charge in [0.05, 0.1) is 12.1 Å². The Morgan fingerprint density at radius 1 is 1.20 bits per heavy atom. The van der Waals surface area contributed by atoms with Gasteiger partial charge in [-0.3, -0.25) is 0 Å². The van der Waals surface area contributed by atoms with Gasteiger partial charge in [-0.15, -0.1) is 0 Å². The van der Waals surface area contributed by atoms with Crippen LogP contribution in [0.15, 0.2) is 48.5 Å². The molecule has 6 nitrogen and oxygen atoms in total. The molecule has 2 heterocycles. The average Bonchev–Trinajstić information content (AvgIpc) is 3.32. The minimum Gasteiger partial charge on any atom is -0.444 e. The molecule has 188 valence electrons. The molecular weight excluding hydrogens is 465 g/mol. The van der Waals surface area contributed by atoms with Crippen LogP contribution in [0, 0.1) is 11.7 Å². The van der Waals surface area contributed by atoms with Crippen LogP contribution in [-0.4, -0.2) is 64.0 Å². The lowest BCUT2D eigenvalue weighted by Gasteiger charge is -2.39. The Labute approximate surface area is 212 Å². The number of halogens is 1. The number of thiocarbonyl (C=S) groups is 1. The zero-order chi connectivity index (χ0) is 25.2. The lowest BCUT2D eigenvalue weighted by atomic mass is 9.88. The first-order valence-electron chi connectivity index (χ1n) is 12.2. The number of aliphatic hydroxyl groups is 1. The molecule has 0 bridgehead atoms. The lowest BCUT2D eigenvalue weighted by molar-refractivity contribution is 0.0269. The Bertz CT molecular complexity index is 1060. The fourth-order valence-electron chi connectivity index (χ4n) is 4.84. The van der Waals surface area contributed by atoms with Crippen molar-refractivity contribution in [1.29, 1.82) is 0 Å². The summed E-state index contributed by atoms with van der Waals surface area (Å²) in [5.74, 6) is -0.321. The van der Waals surface area contributed by atoms with Crippen LogP contribution in [0.2, 0.25) is 0 Å². The van der Waals surface area contributed by atoms with Crippen LogP contribution in [-0.2, 0) is 11.2 Å². The standard InChI is InChI=1S/C27H34FN3O3S/c1-27(2,3)34-26(33)30-14-12-20(17-30)23(32)16-29-25(35)31-15-13-18-6-4-5-7-22(18)24(31)19-8-10-21(28)11-9-19/h4-11,20,23-24,32H,12-17H2,1-3H3,(H,29,35)/t20?,23?,24-/m0/s1. The van der Waals surface area contributed by atoms with Crippen molar-refractivity contribution < 1.29 is 19.0 Å². The Morgan fingerprint density at radius 3 is 2.63 bits per heavy atom. The van der Waals surface area contributed by atoms with Gasteiger partial charge in [-0.05, 0) is 74.7 Å². The van der Waals surface area contributed by atoms with Gasteiger partial charge in [0.25, 0.3) is 0 Å². The summed E-state index contributed by atoms with van der Waals surface area (Å²) in [7, 11) is 0. The number of fused-ring (bicyclic) bond motifs is 1. The maximum Gasteiger partial charge on any atom is 0.410 e. The quantitative estimate of drug-likeness (QED) is 0.613. The number of rotatable bonds is 4. The van der Waals surface area contributed by atoms with E-state index in [4.69, 9.17) is 17.0 Å². The molecule has 1 amide bonds. The van der Waals surface area contributed by atoms with Crippen molar-refractivity contribution >= 4 is 23.4 Å². The first kappa shape index (κ1) is 25.4. The zero-order valence-electron chi connectivity index (χ0n) is 20.5. The number of likely N-dealkylation sites (tertiary alicyclic amines) is 1. The first-order chi connectivity index (χ1) is 16.6. The van der Waals surface area contributed by atoms with Gasteiger partial charge in [-0.25, -0.2) is 9.18 Å². The van der Waals surface area contributed by atoms with Gasteiger partial charge >= 0.3 is 6.09 Å². The second kappa shape index (κ2) is 10.5. The summed E-state index contributed by atoms with van der Waals surface area (Å²) >= 11 is 5.77. The van der Waals surface area contributed by atoms with Gasteiger partial charge in [-0.2, -0.15) is 0 Å². The van der Waals surface area contributed by atoms with Crippen LogP contribution < -0.4 is 5.32 Å². The minimum absolute atomic E-state index is 0.0483. The fraction of sp³-hybridized carbons (Fsp3) is 0.481. The molecule has 2 aromatic carbocycles. The normalized spacial score (nSPS) is 20.8. The largest absolute Gasteiger partial charge is 0.444 e. The van der Waals surface area contributed by atoms with Crippen LogP contribution in [0.3, 0.4) is 0 Å². The molecule has 1 fully saturated rings. The Hall–Kier alpha value is -2.71. The van der Waals surface area contributed by atoms with Gasteiger partial charge in [0.15, 0.2) is 5.11 Å². The monoisotopic (exact) mass is 499 g/mol. The molecule has 2 N–H and O–H groups in total. The van der Waals surface area contributed by atoms with Crippen molar-refractivity contribution in [3.8, 4) is 0 Å². The number of ether oxygens (including phenoxy) is 1. The number of carbonyl (C=O) groups excluding carboxylic acids is 1. The molecular formula is C27H34FN3O3S. The van der Waals surface area contributed by atoms with Crippen molar-refractivity contribution in [1.82, 2.24) is 15.1 Å². The summed E-state index contributed by atoms with van der Waals surface area (Å²) in [5, 5.41) is 14.6.